The topological polar surface area (TPSA) is 151 Å². The van der Waals surface area contributed by atoms with Gasteiger partial charge in [-0.1, -0.05) is 12.1 Å². The van der Waals surface area contributed by atoms with Crippen molar-refractivity contribution >= 4 is 28.9 Å². The fourth-order valence-electron chi connectivity index (χ4n) is 2.33. The molecule has 0 unspecified atom stereocenters. The second-order valence-electron chi connectivity index (χ2n) is 5.48. The van der Waals surface area contributed by atoms with Crippen molar-refractivity contribution in [2.24, 2.45) is 0 Å². The number of nitro benzene ring substituents is 2. The van der Waals surface area contributed by atoms with Gasteiger partial charge in [0.2, 0.25) is 0 Å². The number of nitro groups is 2. The molecule has 0 atom stereocenters. The Kier molecular flexibility index (Phi) is 6.22. The molecular formula is C17H15N3O8. The van der Waals surface area contributed by atoms with Gasteiger partial charge in [-0.25, -0.2) is 4.79 Å². The van der Waals surface area contributed by atoms with E-state index in [-0.39, 0.29) is 5.56 Å². The van der Waals surface area contributed by atoms with Gasteiger partial charge in [0.15, 0.2) is 6.61 Å². The molecular weight excluding hydrogens is 374 g/mol. The van der Waals surface area contributed by atoms with E-state index < -0.39 is 45.3 Å². The molecule has 0 aromatic heterocycles. The average molecular weight is 389 g/mol. The molecule has 0 aliphatic heterocycles. The lowest BCUT2D eigenvalue weighted by Crippen LogP contribution is -2.21. The van der Waals surface area contributed by atoms with Gasteiger partial charge in [-0.05, 0) is 19.1 Å². The number of nitrogens with one attached hydrogen (secondary N) is 1. The minimum atomic E-state index is -1.11. The van der Waals surface area contributed by atoms with Crippen LogP contribution in [0.3, 0.4) is 0 Å². The van der Waals surface area contributed by atoms with Gasteiger partial charge < -0.3 is 14.8 Å². The van der Waals surface area contributed by atoms with Crippen LogP contribution in [0, 0.1) is 27.2 Å². The number of esters is 1. The van der Waals surface area contributed by atoms with Gasteiger partial charge in [-0.2, -0.15) is 0 Å². The number of ether oxygens (including phenoxy) is 2. The quantitative estimate of drug-likeness (QED) is 0.431. The third-order valence-electron chi connectivity index (χ3n) is 3.70. The van der Waals surface area contributed by atoms with Crippen molar-refractivity contribution in [1.29, 1.82) is 0 Å². The van der Waals surface area contributed by atoms with Crippen molar-refractivity contribution in [3.05, 3.63) is 67.8 Å². The van der Waals surface area contributed by atoms with Crippen molar-refractivity contribution in [2.45, 2.75) is 6.92 Å². The second-order valence-corrected chi connectivity index (χ2v) is 5.48. The van der Waals surface area contributed by atoms with Crippen molar-refractivity contribution in [1.82, 2.24) is 0 Å². The van der Waals surface area contributed by atoms with Crippen LogP contribution in [0.15, 0.2) is 36.4 Å². The van der Waals surface area contributed by atoms with Gasteiger partial charge >= 0.3 is 5.97 Å². The summed E-state index contributed by atoms with van der Waals surface area (Å²) in [7, 11) is 1.42. The van der Waals surface area contributed by atoms with E-state index in [0.29, 0.717) is 11.4 Å². The highest BCUT2D eigenvalue weighted by molar-refractivity contribution is 5.97. The van der Waals surface area contributed by atoms with Crippen LogP contribution in [0.1, 0.15) is 15.9 Å². The van der Waals surface area contributed by atoms with Gasteiger partial charge in [0, 0.05) is 12.1 Å². The van der Waals surface area contributed by atoms with Crippen molar-refractivity contribution < 1.29 is 28.9 Å². The predicted octanol–water partition coefficient (Wildman–Crippen LogP) is 2.62. The lowest BCUT2D eigenvalue weighted by atomic mass is 10.1. The number of hydrogen-bond acceptors (Lipinski definition) is 8. The third-order valence-corrected chi connectivity index (χ3v) is 3.70. The SMILES string of the molecule is COc1ccccc1NC(=O)COC(=O)c1cc([N+](=O)[O-])c(C)c([N+](=O)[O-])c1. The third kappa shape index (κ3) is 4.58. The van der Waals surface area contributed by atoms with Crippen molar-refractivity contribution in [2.75, 3.05) is 19.0 Å². The Hall–Kier alpha value is -4.02. The van der Waals surface area contributed by atoms with Crippen molar-refractivity contribution in [3.63, 3.8) is 0 Å². The normalized spacial score (nSPS) is 10.1. The molecule has 2 aromatic carbocycles. The molecule has 0 saturated heterocycles. The number of amides is 1. The van der Waals surface area contributed by atoms with Gasteiger partial charge in [0.25, 0.3) is 17.3 Å². The first-order chi connectivity index (χ1) is 13.2. The molecule has 11 nitrogen and oxygen atoms in total. The molecule has 1 amide bonds. The molecule has 0 aliphatic carbocycles. The van der Waals surface area contributed by atoms with E-state index in [0.717, 1.165) is 12.1 Å². The number of para-hydroxylation sites is 2. The van der Waals surface area contributed by atoms with Crippen LogP contribution in [0.2, 0.25) is 0 Å². The van der Waals surface area contributed by atoms with E-state index in [2.05, 4.69) is 5.32 Å². The molecule has 0 aliphatic rings. The molecule has 1 N–H and O–H groups in total. The first-order valence-electron chi connectivity index (χ1n) is 7.78. The van der Waals surface area contributed by atoms with Crippen LogP contribution in [-0.4, -0.2) is 35.4 Å². The minimum absolute atomic E-state index is 0.194. The fourth-order valence-corrected chi connectivity index (χ4v) is 2.33. The zero-order valence-electron chi connectivity index (χ0n) is 14.8. The Morgan fingerprint density at radius 2 is 1.64 bits per heavy atom. The summed E-state index contributed by atoms with van der Waals surface area (Å²) in [5.41, 5.74) is -1.44. The number of benzene rings is 2. The summed E-state index contributed by atoms with van der Waals surface area (Å²) in [5.74, 6) is -1.40. The molecule has 11 heteroatoms. The summed E-state index contributed by atoms with van der Waals surface area (Å²) >= 11 is 0. The van der Waals surface area contributed by atoms with E-state index in [9.17, 15) is 29.8 Å². The lowest BCUT2D eigenvalue weighted by molar-refractivity contribution is -0.395. The Morgan fingerprint density at radius 1 is 1.07 bits per heavy atom. The fraction of sp³-hybridized carbons (Fsp3) is 0.176. The van der Waals surface area contributed by atoms with E-state index in [1.165, 1.54) is 14.0 Å². The molecule has 28 heavy (non-hydrogen) atoms. The van der Waals surface area contributed by atoms with Gasteiger partial charge in [0.05, 0.1) is 28.2 Å². The van der Waals surface area contributed by atoms with Crippen LogP contribution >= 0.6 is 0 Å². The number of rotatable bonds is 7. The summed E-state index contributed by atoms with van der Waals surface area (Å²) in [4.78, 5) is 44.5. The number of carbonyl (C=O) groups is 2. The van der Waals surface area contributed by atoms with Gasteiger partial charge in [-0.3, -0.25) is 25.0 Å². The van der Waals surface area contributed by atoms with Crippen molar-refractivity contribution in [3.8, 4) is 5.75 Å². The van der Waals surface area contributed by atoms with Crippen LogP contribution in [-0.2, 0) is 9.53 Å². The molecule has 2 aromatic rings. The molecule has 0 fully saturated rings. The Bertz CT molecular complexity index is 922. The summed E-state index contributed by atoms with van der Waals surface area (Å²) in [6, 6.07) is 8.28. The smallest absolute Gasteiger partial charge is 0.339 e. The largest absolute Gasteiger partial charge is 0.495 e. The highest BCUT2D eigenvalue weighted by Crippen LogP contribution is 2.29. The Labute approximate surface area is 158 Å². The highest BCUT2D eigenvalue weighted by atomic mass is 16.6. The zero-order valence-corrected chi connectivity index (χ0v) is 14.8. The maximum Gasteiger partial charge on any atom is 0.339 e. The lowest BCUT2D eigenvalue weighted by Gasteiger charge is -2.10. The van der Waals surface area contributed by atoms with Gasteiger partial charge in [-0.15, -0.1) is 0 Å². The maximum atomic E-state index is 12.1. The maximum absolute atomic E-state index is 12.1. The Morgan fingerprint density at radius 3 is 2.18 bits per heavy atom. The number of anilines is 1. The van der Waals surface area contributed by atoms with Crippen LogP contribution < -0.4 is 10.1 Å². The molecule has 2 rings (SSSR count). The van der Waals surface area contributed by atoms with E-state index in [1.807, 2.05) is 0 Å². The highest BCUT2D eigenvalue weighted by Gasteiger charge is 2.26. The van der Waals surface area contributed by atoms with E-state index in [1.54, 1.807) is 24.3 Å². The number of methoxy groups -OCH3 is 1. The number of hydrogen-bond donors (Lipinski definition) is 1. The van der Waals surface area contributed by atoms with Crippen LogP contribution in [0.5, 0.6) is 5.75 Å². The molecule has 0 radical (unpaired) electrons. The Balaban J connectivity index is 2.13. The summed E-state index contributed by atoms with van der Waals surface area (Å²) in [5, 5.41) is 24.6. The van der Waals surface area contributed by atoms with Crippen LogP contribution in [0.4, 0.5) is 17.1 Å². The minimum Gasteiger partial charge on any atom is -0.495 e. The first-order valence-corrected chi connectivity index (χ1v) is 7.78. The summed E-state index contributed by atoms with van der Waals surface area (Å²) < 4.78 is 9.88. The monoisotopic (exact) mass is 389 g/mol. The van der Waals surface area contributed by atoms with E-state index >= 15 is 0 Å². The van der Waals surface area contributed by atoms with Gasteiger partial charge in [0.1, 0.15) is 11.3 Å². The number of carbonyl (C=O) groups excluding carboxylic acids is 2. The molecule has 0 spiro atoms. The molecule has 0 heterocycles. The number of nitrogens with zero attached hydrogens (tertiary/aromatic N) is 2. The predicted molar refractivity (Wildman–Crippen MR) is 96.4 cm³/mol. The molecule has 0 bridgehead atoms. The zero-order chi connectivity index (χ0) is 20.8. The summed E-state index contributed by atoms with van der Waals surface area (Å²) in [6.07, 6.45) is 0. The summed E-state index contributed by atoms with van der Waals surface area (Å²) in [6.45, 7) is 0.498. The van der Waals surface area contributed by atoms with Crippen LogP contribution in [0.25, 0.3) is 0 Å². The first kappa shape index (κ1) is 20.3. The average Bonchev–Trinajstić information content (AvgIpc) is 2.66. The molecule has 0 saturated carbocycles. The van der Waals surface area contributed by atoms with E-state index in [4.69, 9.17) is 9.47 Å². The second kappa shape index (κ2) is 8.58. The molecule has 146 valence electrons. The standard InChI is InChI=1S/C17H15N3O8/c1-10-13(19(23)24)7-11(8-14(10)20(25)26)17(22)28-9-16(21)18-12-5-3-4-6-15(12)27-2/h3-8H,9H2,1-2H3,(H,18,21).